The maximum atomic E-state index is 11.4. The number of rotatable bonds is 3. The quantitative estimate of drug-likeness (QED) is 0.947. The molecule has 0 unspecified atom stereocenters. The number of thiazole rings is 1. The Morgan fingerprint density at radius 2 is 2.05 bits per heavy atom. The summed E-state index contributed by atoms with van der Waals surface area (Å²) in [5.74, 6) is 0.577. The first kappa shape index (κ1) is 13.6. The van der Waals surface area contributed by atoms with E-state index in [0.29, 0.717) is 12.8 Å². The molecule has 4 nitrogen and oxygen atoms in total. The fraction of sp³-hybridized carbons (Fsp3) is 0.357. The van der Waals surface area contributed by atoms with Crippen molar-refractivity contribution >= 4 is 26.9 Å². The highest BCUT2D eigenvalue weighted by Gasteiger charge is 2.23. The lowest BCUT2D eigenvalue weighted by atomic mass is 10.1. The van der Waals surface area contributed by atoms with E-state index in [1.165, 1.54) is 0 Å². The first-order valence-corrected chi connectivity index (χ1v) is 9.29. The van der Waals surface area contributed by atoms with E-state index in [-0.39, 0.29) is 17.5 Å². The zero-order valence-electron chi connectivity index (χ0n) is 11.0. The highest BCUT2D eigenvalue weighted by molar-refractivity contribution is 7.91. The second-order valence-electron chi connectivity index (χ2n) is 4.99. The summed E-state index contributed by atoms with van der Waals surface area (Å²) in [4.78, 5) is 4.30. The Balaban J connectivity index is 1.71. The van der Waals surface area contributed by atoms with Crippen molar-refractivity contribution < 1.29 is 8.42 Å². The third kappa shape index (κ3) is 3.19. The fourth-order valence-corrected chi connectivity index (χ4v) is 4.50. The summed E-state index contributed by atoms with van der Waals surface area (Å²) in [6.07, 6.45) is 3.17. The Labute approximate surface area is 122 Å². The number of nitrogens with one attached hydrogen (secondary N) is 1. The average Bonchev–Trinajstić information content (AvgIpc) is 2.96. The first-order chi connectivity index (χ1) is 9.62. The molecule has 0 amide bonds. The zero-order chi connectivity index (χ0) is 14.0. The van der Waals surface area contributed by atoms with Crippen LogP contribution in [0.4, 0.5) is 5.69 Å². The van der Waals surface area contributed by atoms with Crippen molar-refractivity contribution in [2.75, 3.05) is 16.8 Å². The number of anilines is 1. The van der Waals surface area contributed by atoms with E-state index >= 15 is 0 Å². The Kier molecular flexibility index (Phi) is 3.76. The van der Waals surface area contributed by atoms with Crippen molar-refractivity contribution in [2.24, 2.45) is 0 Å². The van der Waals surface area contributed by atoms with Crippen LogP contribution in [0, 0.1) is 0 Å². The second-order valence-corrected chi connectivity index (χ2v) is 8.19. The highest BCUT2D eigenvalue weighted by Crippen LogP contribution is 2.25. The van der Waals surface area contributed by atoms with Crippen LogP contribution in [-0.4, -0.2) is 30.9 Å². The molecule has 2 heterocycles. The topological polar surface area (TPSA) is 59.1 Å². The predicted molar refractivity (Wildman–Crippen MR) is 82.8 cm³/mol. The number of nitrogens with zero attached hydrogens (tertiary/aromatic N) is 1. The van der Waals surface area contributed by atoms with E-state index in [1.807, 2.05) is 23.6 Å². The number of aromatic nitrogens is 1. The van der Waals surface area contributed by atoms with E-state index < -0.39 is 9.84 Å². The zero-order valence-corrected chi connectivity index (χ0v) is 12.6. The van der Waals surface area contributed by atoms with Crippen molar-refractivity contribution in [3.8, 4) is 10.6 Å². The van der Waals surface area contributed by atoms with Crippen LogP contribution in [0.5, 0.6) is 0 Å². The van der Waals surface area contributed by atoms with Gasteiger partial charge in [-0.3, -0.25) is 0 Å². The van der Waals surface area contributed by atoms with Gasteiger partial charge in [-0.1, -0.05) is 12.1 Å². The Bertz CT molecular complexity index is 667. The van der Waals surface area contributed by atoms with Gasteiger partial charge >= 0.3 is 0 Å². The van der Waals surface area contributed by atoms with Crippen molar-refractivity contribution in [3.63, 3.8) is 0 Å². The molecule has 1 fully saturated rings. The van der Waals surface area contributed by atoms with Crippen molar-refractivity contribution in [1.29, 1.82) is 0 Å². The third-order valence-corrected chi connectivity index (χ3v) is 6.00. The molecule has 6 heteroatoms. The Hall–Kier alpha value is -1.40. The minimum atomic E-state index is -2.80. The van der Waals surface area contributed by atoms with Gasteiger partial charge < -0.3 is 5.32 Å². The van der Waals surface area contributed by atoms with E-state index in [9.17, 15) is 8.42 Å². The van der Waals surface area contributed by atoms with Crippen molar-refractivity contribution in [3.05, 3.63) is 35.8 Å². The molecule has 1 N–H and O–H groups in total. The van der Waals surface area contributed by atoms with Crippen LogP contribution < -0.4 is 5.32 Å². The second kappa shape index (κ2) is 5.54. The fourth-order valence-electron chi connectivity index (χ4n) is 2.38. The largest absolute Gasteiger partial charge is 0.382 e. The van der Waals surface area contributed by atoms with E-state index in [2.05, 4.69) is 16.4 Å². The van der Waals surface area contributed by atoms with Gasteiger partial charge in [0, 0.05) is 28.9 Å². The average molecular weight is 308 g/mol. The summed E-state index contributed by atoms with van der Waals surface area (Å²) in [7, 11) is -2.80. The van der Waals surface area contributed by atoms with E-state index in [4.69, 9.17) is 0 Å². The van der Waals surface area contributed by atoms with Crippen molar-refractivity contribution in [1.82, 2.24) is 4.98 Å². The molecule has 0 aliphatic carbocycles. The first-order valence-electron chi connectivity index (χ1n) is 6.59. The molecule has 0 atom stereocenters. The van der Waals surface area contributed by atoms with Crippen LogP contribution in [0.2, 0.25) is 0 Å². The molecular weight excluding hydrogens is 292 g/mol. The molecule has 106 valence electrons. The number of hydrogen-bond acceptors (Lipinski definition) is 5. The van der Waals surface area contributed by atoms with Crippen LogP contribution in [-0.2, 0) is 9.84 Å². The lowest BCUT2D eigenvalue weighted by Gasteiger charge is -2.24. The molecule has 1 aromatic carbocycles. The summed E-state index contributed by atoms with van der Waals surface area (Å²) in [5, 5.41) is 6.39. The van der Waals surface area contributed by atoms with Crippen LogP contribution in [0.3, 0.4) is 0 Å². The van der Waals surface area contributed by atoms with Crippen LogP contribution in [0.1, 0.15) is 12.8 Å². The third-order valence-electron chi connectivity index (χ3n) is 3.47. The predicted octanol–water partition coefficient (Wildman–Crippen LogP) is 2.80. The molecule has 1 aromatic heterocycles. The molecule has 0 radical (unpaired) electrons. The summed E-state index contributed by atoms with van der Waals surface area (Å²) < 4.78 is 22.8. The van der Waals surface area contributed by atoms with Gasteiger partial charge in [-0.05, 0) is 25.0 Å². The van der Waals surface area contributed by atoms with Crippen molar-refractivity contribution in [2.45, 2.75) is 18.9 Å². The normalized spacial score (nSPS) is 18.8. The summed E-state index contributed by atoms with van der Waals surface area (Å²) in [6, 6.07) is 8.36. The monoisotopic (exact) mass is 308 g/mol. The van der Waals surface area contributed by atoms with Gasteiger partial charge in [0.25, 0.3) is 0 Å². The maximum absolute atomic E-state index is 11.4. The van der Waals surface area contributed by atoms with Gasteiger partial charge in [-0.25, -0.2) is 13.4 Å². The molecule has 0 spiro atoms. The maximum Gasteiger partial charge on any atom is 0.150 e. The van der Waals surface area contributed by atoms with E-state index in [0.717, 1.165) is 16.3 Å². The van der Waals surface area contributed by atoms with Gasteiger partial charge in [-0.2, -0.15) is 0 Å². The van der Waals surface area contributed by atoms with Gasteiger partial charge in [0.2, 0.25) is 0 Å². The molecule has 1 aliphatic heterocycles. The van der Waals surface area contributed by atoms with Gasteiger partial charge in [-0.15, -0.1) is 11.3 Å². The highest BCUT2D eigenvalue weighted by atomic mass is 32.2. The summed E-state index contributed by atoms with van der Waals surface area (Å²) in [6.45, 7) is 0. The standard InChI is InChI=1S/C14H16N2O2S2/c17-20(18)8-4-12(5-9-20)16-13-3-1-2-11(10-13)14-15-6-7-19-14/h1-3,6-7,10,12,16H,4-5,8-9H2. The molecule has 2 aromatic rings. The molecule has 1 aliphatic rings. The number of sulfone groups is 1. The van der Waals surface area contributed by atoms with E-state index in [1.54, 1.807) is 17.5 Å². The van der Waals surface area contributed by atoms with Crippen LogP contribution in [0.25, 0.3) is 10.6 Å². The minimum absolute atomic E-state index is 0.241. The van der Waals surface area contributed by atoms with Crippen LogP contribution >= 0.6 is 11.3 Å². The van der Waals surface area contributed by atoms with Crippen LogP contribution in [0.15, 0.2) is 35.8 Å². The lowest BCUT2D eigenvalue weighted by molar-refractivity contribution is 0.559. The SMILES string of the molecule is O=S1(=O)CCC(Nc2cccc(-c3nccs3)c2)CC1. The molecular formula is C14H16N2O2S2. The van der Waals surface area contributed by atoms with Gasteiger partial charge in [0.1, 0.15) is 14.8 Å². The number of benzene rings is 1. The Morgan fingerprint density at radius 1 is 1.25 bits per heavy atom. The molecule has 0 saturated carbocycles. The molecule has 20 heavy (non-hydrogen) atoms. The smallest absolute Gasteiger partial charge is 0.150 e. The lowest BCUT2D eigenvalue weighted by Crippen LogP contribution is -2.32. The summed E-state index contributed by atoms with van der Waals surface area (Å²) in [5.41, 5.74) is 2.12. The van der Waals surface area contributed by atoms with Gasteiger partial charge in [0.15, 0.2) is 0 Å². The molecule has 3 rings (SSSR count). The number of hydrogen-bond donors (Lipinski definition) is 1. The van der Waals surface area contributed by atoms with Gasteiger partial charge in [0.05, 0.1) is 11.5 Å². The molecule has 0 bridgehead atoms. The summed E-state index contributed by atoms with van der Waals surface area (Å²) >= 11 is 1.61. The Morgan fingerprint density at radius 3 is 2.75 bits per heavy atom. The molecule has 1 saturated heterocycles. The minimum Gasteiger partial charge on any atom is -0.382 e.